The number of rotatable bonds is 3. The Bertz CT molecular complexity index is 364. The molecular formula is C14H17FO2. The van der Waals surface area contributed by atoms with Gasteiger partial charge < -0.3 is 4.74 Å². The smallest absolute Gasteiger partial charge is 0.309 e. The van der Waals surface area contributed by atoms with E-state index in [4.69, 9.17) is 4.74 Å². The van der Waals surface area contributed by atoms with Crippen LogP contribution in [0, 0.1) is 5.92 Å². The molecule has 0 radical (unpaired) electrons. The van der Waals surface area contributed by atoms with E-state index in [2.05, 4.69) is 0 Å². The van der Waals surface area contributed by atoms with Crippen LogP contribution in [-0.4, -0.2) is 12.1 Å². The van der Waals surface area contributed by atoms with Crippen molar-refractivity contribution < 1.29 is 13.9 Å². The molecule has 2 nitrogen and oxygen atoms in total. The lowest BCUT2D eigenvalue weighted by atomic mass is 9.88. The van der Waals surface area contributed by atoms with E-state index in [0.29, 0.717) is 12.8 Å². The van der Waals surface area contributed by atoms with Crippen LogP contribution in [0.25, 0.3) is 0 Å². The zero-order valence-electron chi connectivity index (χ0n) is 9.77. The summed E-state index contributed by atoms with van der Waals surface area (Å²) in [4.78, 5) is 11.7. The van der Waals surface area contributed by atoms with Crippen molar-refractivity contribution in [2.24, 2.45) is 5.92 Å². The van der Waals surface area contributed by atoms with E-state index in [0.717, 1.165) is 18.4 Å². The summed E-state index contributed by atoms with van der Waals surface area (Å²) >= 11 is 0. The van der Waals surface area contributed by atoms with Gasteiger partial charge in [0.05, 0.1) is 5.92 Å². The molecule has 2 rings (SSSR count). The molecule has 0 bridgehead atoms. The van der Waals surface area contributed by atoms with E-state index in [1.165, 1.54) is 0 Å². The standard InChI is InChI=1S/C14H17FO2/c15-13-8-4-7-12(9-13)14(16)17-10-11-5-2-1-3-6-11/h1-3,5-6,12-13H,4,7-10H2. The summed E-state index contributed by atoms with van der Waals surface area (Å²) < 4.78 is 18.4. The van der Waals surface area contributed by atoms with Crippen LogP contribution in [0.1, 0.15) is 31.2 Å². The molecule has 92 valence electrons. The van der Waals surface area contributed by atoms with Gasteiger partial charge in [-0.05, 0) is 31.2 Å². The Morgan fingerprint density at radius 2 is 2.06 bits per heavy atom. The molecule has 1 aliphatic rings. The van der Waals surface area contributed by atoms with Crippen LogP contribution in [-0.2, 0) is 16.1 Å². The van der Waals surface area contributed by atoms with E-state index in [1.54, 1.807) is 0 Å². The monoisotopic (exact) mass is 236 g/mol. The average Bonchev–Trinajstić information content (AvgIpc) is 2.37. The number of carbonyl (C=O) groups excluding carboxylic acids is 1. The highest BCUT2D eigenvalue weighted by atomic mass is 19.1. The van der Waals surface area contributed by atoms with E-state index >= 15 is 0 Å². The van der Waals surface area contributed by atoms with Crippen LogP contribution in [0.5, 0.6) is 0 Å². The normalized spacial score (nSPS) is 24.3. The van der Waals surface area contributed by atoms with E-state index < -0.39 is 6.17 Å². The zero-order chi connectivity index (χ0) is 12.1. The lowest BCUT2D eigenvalue weighted by Crippen LogP contribution is -2.25. The molecule has 1 aliphatic carbocycles. The highest BCUT2D eigenvalue weighted by molar-refractivity contribution is 5.72. The van der Waals surface area contributed by atoms with Gasteiger partial charge in [-0.3, -0.25) is 4.79 Å². The minimum absolute atomic E-state index is 0.248. The molecule has 0 amide bonds. The highest BCUT2D eigenvalue weighted by Gasteiger charge is 2.28. The number of ether oxygens (including phenoxy) is 1. The number of hydrogen-bond donors (Lipinski definition) is 0. The third kappa shape index (κ3) is 3.55. The number of benzene rings is 1. The van der Waals surface area contributed by atoms with Crippen molar-refractivity contribution in [3.05, 3.63) is 35.9 Å². The van der Waals surface area contributed by atoms with Crippen LogP contribution in [0.3, 0.4) is 0 Å². The molecule has 0 saturated heterocycles. The summed E-state index contributed by atoms with van der Waals surface area (Å²) in [7, 11) is 0. The number of esters is 1. The van der Waals surface area contributed by atoms with Crippen molar-refractivity contribution in [3.8, 4) is 0 Å². The summed E-state index contributed by atoms with van der Waals surface area (Å²) in [5.74, 6) is -0.501. The molecule has 1 saturated carbocycles. The fourth-order valence-corrected chi connectivity index (χ4v) is 2.19. The first-order valence-electron chi connectivity index (χ1n) is 6.10. The molecule has 0 aromatic heterocycles. The molecule has 2 unspecified atom stereocenters. The maximum Gasteiger partial charge on any atom is 0.309 e. The SMILES string of the molecule is O=C(OCc1ccccc1)C1CCCC(F)C1. The molecule has 0 N–H and O–H groups in total. The van der Waals surface area contributed by atoms with Crippen molar-refractivity contribution in [2.45, 2.75) is 38.5 Å². The van der Waals surface area contributed by atoms with Crippen molar-refractivity contribution in [1.29, 1.82) is 0 Å². The van der Waals surface area contributed by atoms with E-state index in [9.17, 15) is 9.18 Å². The predicted octanol–water partition coefficient (Wildman–Crippen LogP) is 3.26. The van der Waals surface area contributed by atoms with Gasteiger partial charge in [0.2, 0.25) is 0 Å². The molecule has 0 heterocycles. The van der Waals surface area contributed by atoms with Gasteiger partial charge >= 0.3 is 5.97 Å². The molecule has 1 aromatic carbocycles. The van der Waals surface area contributed by atoms with E-state index in [1.807, 2.05) is 30.3 Å². The Morgan fingerprint density at radius 1 is 1.29 bits per heavy atom. The summed E-state index contributed by atoms with van der Waals surface area (Å²) in [6.45, 7) is 0.285. The second-order valence-corrected chi connectivity index (χ2v) is 4.55. The largest absolute Gasteiger partial charge is 0.461 e. The maximum absolute atomic E-state index is 13.1. The molecule has 17 heavy (non-hydrogen) atoms. The lowest BCUT2D eigenvalue weighted by molar-refractivity contribution is -0.151. The first-order valence-corrected chi connectivity index (χ1v) is 6.10. The van der Waals surface area contributed by atoms with Gasteiger partial charge in [0.25, 0.3) is 0 Å². The van der Waals surface area contributed by atoms with Crippen LogP contribution < -0.4 is 0 Å². The van der Waals surface area contributed by atoms with Gasteiger partial charge in [0.1, 0.15) is 12.8 Å². The molecule has 3 heteroatoms. The van der Waals surface area contributed by atoms with Crippen molar-refractivity contribution in [1.82, 2.24) is 0 Å². The summed E-state index contributed by atoms with van der Waals surface area (Å²) in [5, 5.41) is 0. The zero-order valence-corrected chi connectivity index (χ0v) is 9.77. The molecule has 2 atom stereocenters. The minimum Gasteiger partial charge on any atom is -0.461 e. The Kier molecular flexibility index (Phi) is 4.13. The Labute approximate surface area is 101 Å². The molecule has 1 fully saturated rings. The molecule has 1 aromatic rings. The van der Waals surface area contributed by atoms with Gasteiger partial charge in [-0.1, -0.05) is 30.3 Å². The number of carbonyl (C=O) groups is 1. The van der Waals surface area contributed by atoms with Crippen LogP contribution in [0.2, 0.25) is 0 Å². The molecule has 0 spiro atoms. The predicted molar refractivity (Wildman–Crippen MR) is 63.1 cm³/mol. The van der Waals surface area contributed by atoms with E-state index in [-0.39, 0.29) is 18.5 Å². The summed E-state index contributed by atoms with van der Waals surface area (Å²) in [6.07, 6.45) is 1.62. The van der Waals surface area contributed by atoms with Gasteiger partial charge in [0.15, 0.2) is 0 Å². The molecule has 0 aliphatic heterocycles. The van der Waals surface area contributed by atoms with Crippen LogP contribution in [0.4, 0.5) is 4.39 Å². The number of alkyl halides is 1. The van der Waals surface area contributed by atoms with Gasteiger partial charge in [-0.15, -0.1) is 0 Å². The van der Waals surface area contributed by atoms with Crippen LogP contribution >= 0.6 is 0 Å². The van der Waals surface area contributed by atoms with Gasteiger partial charge in [-0.25, -0.2) is 4.39 Å². The fraction of sp³-hybridized carbons (Fsp3) is 0.500. The van der Waals surface area contributed by atoms with Gasteiger partial charge in [0, 0.05) is 0 Å². The average molecular weight is 236 g/mol. The third-order valence-electron chi connectivity index (χ3n) is 3.17. The minimum atomic E-state index is -0.835. The van der Waals surface area contributed by atoms with Gasteiger partial charge in [-0.2, -0.15) is 0 Å². The van der Waals surface area contributed by atoms with Crippen LogP contribution in [0.15, 0.2) is 30.3 Å². The molecular weight excluding hydrogens is 219 g/mol. The Hall–Kier alpha value is -1.38. The first kappa shape index (κ1) is 12.1. The summed E-state index contributed by atoms with van der Waals surface area (Å²) in [5.41, 5.74) is 0.966. The fourth-order valence-electron chi connectivity index (χ4n) is 2.19. The summed E-state index contributed by atoms with van der Waals surface area (Å²) in [6, 6.07) is 9.54. The second kappa shape index (κ2) is 5.80. The van der Waals surface area contributed by atoms with Crippen molar-refractivity contribution in [2.75, 3.05) is 0 Å². The topological polar surface area (TPSA) is 26.3 Å². The Balaban J connectivity index is 1.81. The second-order valence-electron chi connectivity index (χ2n) is 4.55. The highest BCUT2D eigenvalue weighted by Crippen LogP contribution is 2.27. The van der Waals surface area contributed by atoms with Crippen molar-refractivity contribution >= 4 is 5.97 Å². The van der Waals surface area contributed by atoms with Crippen molar-refractivity contribution in [3.63, 3.8) is 0 Å². The lowest BCUT2D eigenvalue weighted by Gasteiger charge is -2.22. The number of halogens is 1. The first-order chi connectivity index (χ1) is 8.25. The maximum atomic E-state index is 13.1. The third-order valence-corrected chi connectivity index (χ3v) is 3.17. The Morgan fingerprint density at radius 3 is 2.76 bits per heavy atom. The number of hydrogen-bond acceptors (Lipinski definition) is 2. The quantitative estimate of drug-likeness (QED) is 0.753.